The van der Waals surface area contributed by atoms with E-state index in [0.29, 0.717) is 62.3 Å². The number of hydrogen-bond acceptors (Lipinski definition) is 10. The molecule has 0 radical (unpaired) electrons. The fourth-order valence-electron chi connectivity index (χ4n) is 4.99. The monoisotopic (exact) mass is 669 g/mol. The molecule has 0 bridgehead atoms. The molecule has 13 heteroatoms. The summed E-state index contributed by atoms with van der Waals surface area (Å²) in [7, 11) is 7.21. The molecule has 11 nitrogen and oxygen atoms in total. The Morgan fingerprint density at radius 2 is 1.41 bits per heavy atom. The first-order valence-corrected chi connectivity index (χ1v) is 13.4. The molecular formula is C33H33Cl2N3O8. The van der Waals surface area contributed by atoms with Crippen LogP contribution in [0.1, 0.15) is 16.2 Å². The fraction of sp³-hybridized carbons (Fsp3) is 0.182. The van der Waals surface area contributed by atoms with E-state index in [1.807, 2.05) is 18.2 Å². The summed E-state index contributed by atoms with van der Waals surface area (Å²) in [5.41, 5.74) is 7.84. The fourth-order valence-corrected chi connectivity index (χ4v) is 4.99. The number of pyridine rings is 2. The zero-order valence-electron chi connectivity index (χ0n) is 25.7. The van der Waals surface area contributed by atoms with Crippen molar-refractivity contribution in [1.29, 1.82) is 0 Å². The molecule has 0 saturated heterocycles. The van der Waals surface area contributed by atoms with Crippen molar-refractivity contribution < 1.29 is 33.2 Å². The molecule has 2 heterocycles. The minimum Gasteiger partial charge on any atom is -0.493 e. The van der Waals surface area contributed by atoms with Crippen molar-refractivity contribution in [3.63, 3.8) is 0 Å². The van der Waals surface area contributed by atoms with Crippen LogP contribution in [0.15, 0.2) is 77.7 Å². The number of nitrogens with two attached hydrogens (primary N) is 1. The molecule has 0 fully saturated rings. The van der Waals surface area contributed by atoms with E-state index in [-0.39, 0.29) is 42.5 Å². The third-order valence-electron chi connectivity index (χ3n) is 7.05. The summed E-state index contributed by atoms with van der Waals surface area (Å²) >= 11 is 0. The molecule has 2 aromatic heterocycles. The third-order valence-corrected chi connectivity index (χ3v) is 7.05. The Balaban J connectivity index is 0.00000288. The van der Waals surface area contributed by atoms with Gasteiger partial charge in [0.15, 0.2) is 23.0 Å². The Morgan fingerprint density at radius 3 is 1.96 bits per heavy atom. The first-order chi connectivity index (χ1) is 21.3. The van der Waals surface area contributed by atoms with Crippen molar-refractivity contribution >= 4 is 47.2 Å². The Hall–Kier alpha value is -5.13. The number of benzene rings is 3. The van der Waals surface area contributed by atoms with E-state index < -0.39 is 11.5 Å². The van der Waals surface area contributed by atoms with Crippen LogP contribution in [0.25, 0.3) is 27.6 Å². The van der Waals surface area contributed by atoms with E-state index in [2.05, 4.69) is 4.98 Å². The van der Waals surface area contributed by atoms with Crippen LogP contribution >= 0.6 is 24.8 Å². The van der Waals surface area contributed by atoms with Gasteiger partial charge < -0.3 is 34.2 Å². The van der Waals surface area contributed by atoms with Crippen molar-refractivity contribution in [2.45, 2.75) is 6.61 Å². The molecule has 0 spiro atoms. The number of anilines is 1. The first kappa shape index (κ1) is 35.4. The highest BCUT2D eigenvalue weighted by molar-refractivity contribution is 6.08. The Kier molecular flexibility index (Phi) is 11.7. The van der Waals surface area contributed by atoms with Crippen LogP contribution in [-0.2, 0) is 11.3 Å². The number of aromatic nitrogens is 2. The maximum absolute atomic E-state index is 14.4. The standard InChI is InChI=1S/C33H31N3O8.2ClH/c1-39-25-16-23-24(17-26(25)44-18-21-8-6-7-13-35-21)32(37)36(22-11-9-20(34)10-12-22)30(33(38)43-5)29(23)19-14-27(40-2)31(42-4)28(15-19)41-3;;/h6-17H,18,34H2,1-5H3;2*1H. The normalized spacial score (nSPS) is 10.3. The molecule has 3 aromatic carbocycles. The Labute approximate surface area is 277 Å². The Bertz CT molecular complexity index is 1870. The molecule has 0 atom stereocenters. The summed E-state index contributed by atoms with van der Waals surface area (Å²) in [4.78, 5) is 32.3. The number of halogens is 2. The van der Waals surface area contributed by atoms with Crippen LogP contribution < -0.4 is 35.0 Å². The summed E-state index contributed by atoms with van der Waals surface area (Å²) in [5, 5.41) is 0.647. The second kappa shape index (κ2) is 15.2. The van der Waals surface area contributed by atoms with Crippen molar-refractivity contribution in [3.05, 3.63) is 94.7 Å². The number of ether oxygens (including phenoxy) is 6. The largest absolute Gasteiger partial charge is 0.493 e. The molecule has 0 aliphatic carbocycles. The summed E-state index contributed by atoms with van der Waals surface area (Å²) < 4.78 is 35.1. The van der Waals surface area contributed by atoms with E-state index >= 15 is 0 Å². The van der Waals surface area contributed by atoms with Crippen molar-refractivity contribution in [3.8, 4) is 45.6 Å². The van der Waals surface area contributed by atoms with Gasteiger partial charge in [-0.3, -0.25) is 14.3 Å². The second-order valence-corrected chi connectivity index (χ2v) is 9.52. The summed E-state index contributed by atoms with van der Waals surface area (Å²) in [6.07, 6.45) is 1.67. The highest BCUT2D eigenvalue weighted by Crippen LogP contribution is 2.45. The number of rotatable bonds is 10. The molecule has 0 amide bonds. The lowest BCUT2D eigenvalue weighted by Crippen LogP contribution is -2.27. The number of methoxy groups -OCH3 is 5. The van der Waals surface area contributed by atoms with Gasteiger partial charge in [-0.15, -0.1) is 24.8 Å². The molecule has 0 aliphatic rings. The predicted molar refractivity (Wildman–Crippen MR) is 180 cm³/mol. The maximum Gasteiger partial charge on any atom is 0.355 e. The number of hydrogen-bond donors (Lipinski definition) is 1. The van der Waals surface area contributed by atoms with Crippen molar-refractivity contribution in [1.82, 2.24) is 9.55 Å². The lowest BCUT2D eigenvalue weighted by atomic mass is 9.95. The van der Waals surface area contributed by atoms with E-state index in [1.165, 1.54) is 40.1 Å². The minimum atomic E-state index is -0.751. The highest BCUT2D eigenvalue weighted by Gasteiger charge is 2.28. The number of esters is 1. The van der Waals surface area contributed by atoms with Crippen molar-refractivity contribution in [2.75, 3.05) is 41.3 Å². The summed E-state index contributed by atoms with van der Waals surface area (Å²) in [5.74, 6) is 0.948. The first-order valence-electron chi connectivity index (χ1n) is 13.4. The second-order valence-electron chi connectivity index (χ2n) is 9.52. The van der Waals surface area contributed by atoms with Gasteiger partial charge in [-0.05, 0) is 66.2 Å². The lowest BCUT2D eigenvalue weighted by Gasteiger charge is -2.21. The lowest BCUT2D eigenvalue weighted by molar-refractivity contribution is 0.0591. The van der Waals surface area contributed by atoms with Crippen LogP contribution in [0.2, 0.25) is 0 Å². The number of carbonyl (C=O) groups excluding carboxylic acids is 1. The predicted octanol–water partition coefficient (Wildman–Crippen LogP) is 5.88. The molecule has 0 aliphatic heterocycles. The topological polar surface area (TPSA) is 133 Å². The van der Waals surface area contributed by atoms with Gasteiger partial charge in [-0.1, -0.05) is 6.07 Å². The minimum absolute atomic E-state index is 0. The van der Waals surface area contributed by atoms with Gasteiger partial charge in [0.25, 0.3) is 5.56 Å². The molecular weight excluding hydrogens is 637 g/mol. The molecule has 5 rings (SSSR count). The Morgan fingerprint density at radius 1 is 0.783 bits per heavy atom. The maximum atomic E-state index is 14.4. The van der Waals surface area contributed by atoms with E-state index in [9.17, 15) is 9.59 Å². The smallest absolute Gasteiger partial charge is 0.355 e. The zero-order chi connectivity index (χ0) is 31.4. The van der Waals surface area contributed by atoms with E-state index in [1.54, 1.807) is 54.7 Å². The SMILES string of the molecule is COC(=O)c1c(-c2cc(OC)c(OC)c(OC)c2)c2cc(OC)c(OCc3ccccn3)cc2c(=O)n1-c1ccc(N)cc1.Cl.Cl. The van der Waals surface area contributed by atoms with Crippen LogP contribution in [0.3, 0.4) is 0 Å². The number of fused-ring (bicyclic) bond motifs is 1. The summed E-state index contributed by atoms with van der Waals surface area (Å²) in [6, 6.07) is 18.7. The molecule has 0 unspecified atom stereocenters. The van der Waals surface area contributed by atoms with Gasteiger partial charge in [0.2, 0.25) is 5.75 Å². The average Bonchev–Trinajstić information content (AvgIpc) is 3.06. The van der Waals surface area contributed by atoms with Crippen LogP contribution in [0.5, 0.6) is 28.7 Å². The molecule has 2 N–H and O–H groups in total. The number of nitrogens with zero attached hydrogens (tertiary/aromatic N) is 2. The van der Waals surface area contributed by atoms with Crippen molar-refractivity contribution in [2.24, 2.45) is 0 Å². The number of nitrogen functional groups attached to an aromatic ring is 1. The van der Waals surface area contributed by atoms with Crippen LogP contribution in [-0.4, -0.2) is 51.1 Å². The highest BCUT2D eigenvalue weighted by atomic mass is 35.5. The van der Waals surface area contributed by atoms with Gasteiger partial charge in [0.1, 0.15) is 12.3 Å². The van der Waals surface area contributed by atoms with E-state index in [0.717, 1.165) is 0 Å². The van der Waals surface area contributed by atoms with Crippen LogP contribution in [0.4, 0.5) is 5.69 Å². The van der Waals surface area contributed by atoms with Gasteiger partial charge in [0.05, 0.1) is 46.6 Å². The summed E-state index contributed by atoms with van der Waals surface area (Å²) in [6.45, 7) is 0.134. The molecule has 5 aromatic rings. The van der Waals surface area contributed by atoms with Gasteiger partial charge in [0, 0.05) is 28.5 Å². The number of carbonyl (C=O) groups is 1. The van der Waals surface area contributed by atoms with Gasteiger partial charge in [-0.2, -0.15) is 0 Å². The van der Waals surface area contributed by atoms with Crippen LogP contribution in [0, 0.1) is 0 Å². The van der Waals surface area contributed by atoms with Gasteiger partial charge in [-0.25, -0.2) is 4.79 Å². The van der Waals surface area contributed by atoms with E-state index in [4.69, 9.17) is 34.2 Å². The van der Waals surface area contributed by atoms with Gasteiger partial charge >= 0.3 is 5.97 Å². The average molecular weight is 671 g/mol. The molecule has 46 heavy (non-hydrogen) atoms. The quantitative estimate of drug-likeness (QED) is 0.142. The molecule has 0 saturated carbocycles. The third kappa shape index (κ3) is 6.60. The zero-order valence-corrected chi connectivity index (χ0v) is 27.3. The molecule has 242 valence electrons.